The van der Waals surface area contributed by atoms with Crippen LogP contribution < -0.4 is 10.2 Å². The summed E-state index contributed by atoms with van der Waals surface area (Å²) in [5, 5.41) is 26.6. The summed E-state index contributed by atoms with van der Waals surface area (Å²) in [7, 11) is 0. The molecule has 0 amide bonds. The van der Waals surface area contributed by atoms with E-state index in [1.165, 1.54) is 31.4 Å². The summed E-state index contributed by atoms with van der Waals surface area (Å²) in [5.74, 6) is -0.743. The summed E-state index contributed by atoms with van der Waals surface area (Å²) in [4.78, 5) is 15.6. The molecule has 9 nitrogen and oxygen atoms in total. The number of aromatic nitrogens is 2. The average molecular weight is 559 g/mol. The van der Waals surface area contributed by atoms with Crippen LogP contribution in [0.25, 0.3) is 16.9 Å². The van der Waals surface area contributed by atoms with Crippen molar-refractivity contribution in [2.24, 2.45) is 5.41 Å². The Bertz CT molecular complexity index is 1420. The quantitative estimate of drug-likeness (QED) is 0.395. The van der Waals surface area contributed by atoms with E-state index in [0.717, 1.165) is 75.0 Å². The first-order valence-electron chi connectivity index (χ1n) is 14.4. The fourth-order valence-electron chi connectivity index (χ4n) is 6.35. The fraction of sp³-hybridized carbons (Fsp3) is 0.452. The summed E-state index contributed by atoms with van der Waals surface area (Å²) >= 11 is 0. The molecule has 10 heteroatoms. The maximum atomic E-state index is 14.6. The van der Waals surface area contributed by atoms with Crippen LogP contribution in [-0.2, 0) is 9.53 Å². The maximum Gasteiger partial charge on any atom is 0.329 e. The number of aliphatic carboxylic acids is 1. The van der Waals surface area contributed by atoms with Crippen LogP contribution >= 0.6 is 0 Å². The van der Waals surface area contributed by atoms with Crippen molar-refractivity contribution in [3.8, 4) is 23.0 Å². The summed E-state index contributed by atoms with van der Waals surface area (Å²) in [5.41, 5.74) is 3.64. The molecule has 4 fully saturated rings. The van der Waals surface area contributed by atoms with Gasteiger partial charge in [-0.1, -0.05) is 6.07 Å². The normalized spacial score (nSPS) is 22.4. The lowest BCUT2D eigenvalue weighted by Gasteiger charge is -2.48. The number of halogens is 1. The Hall–Kier alpha value is -3.94. The molecular weight excluding hydrogens is 523 g/mol. The van der Waals surface area contributed by atoms with Crippen LogP contribution in [0.1, 0.15) is 37.7 Å². The molecule has 4 saturated heterocycles. The van der Waals surface area contributed by atoms with Gasteiger partial charge in [0.05, 0.1) is 23.0 Å². The number of carboxylic acid groups (broad SMARTS) is 1. The molecule has 0 atom stereocenters. The number of ether oxygens (including phenoxy) is 1. The van der Waals surface area contributed by atoms with Crippen LogP contribution in [0, 0.1) is 22.6 Å². The minimum Gasteiger partial charge on any atom is -0.480 e. The highest BCUT2D eigenvalue weighted by Crippen LogP contribution is 2.40. The lowest BCUT2D eigenvalue weighted by Crippen LogP contribution is -2.50. The predicted octanol–water partition coefficient (Wildman–Crippen LogP) is 4.52. The zero-order valence-corrected chi connectivity index (χ0v) is 23.1. The number of hydrogen-bond donors (Lipinski definition) is 2. The molecule has 1 aromatic heterocycles. The minimum atomic E-state index is -0.942. The molecule has 3 aromatic rings. The van der Waals surface area contributed by atoms with E-state index in [4.69, 9.17) is 14.9 Å². The van der Waals surface area contributed by atoms with Crippen LogP contribution in [0.4, 0.5) is 15.9 Å². The maximum absolute atomic E-state index is 14.6. The molecule has 0 saturated carbocycles. The van der Waals surface area contributed by atoms with E-state index in [2.05, 4.69) is 27.2 Å². The van der Waals surface area contributed by atoms with Gasteiger partial charge in [-0.15, -0.1) is 5.10 Å². The van der Waals surface area contributed by atoms with E-state index in [-0.39, 0.29) is 18.3 Å². The van der Waals surface area contributed by atoms with E-state index < -0.39 is 11.8 Å². The van der Waals surface area contributed by atoms with Crippen molar-refractivity contribution in [1.29, 1.82) is 5.26 Å². The lowest BCUT2D eigenvalue weighted by atomic mass is 9.72. The smallest absolute Gasteiger partial charge is 0.329 e. The molecule has 214 valence electrons. The van der Waals surface area contributed by atoms with Gasteiger partial charge in [0, 0.05) is 37.0 Å². The zero-order chi connectivity index (χ0) is 28.4. The summed E-state index contributed by atoms with van der Waals surface area (Å²) in [6, 6.07) is 16.7. The minimum absolute atomic E-state index is 0.0161. The summed E-state index contributed by atoms with van der Waals surface area (Å²) in [6.45, 7) is 5.65. The molecule has 7 rings (SSSR count). The van der Waals surface area contributed by atoms with Gasteiger partial charge in [-0.05, 0) is 93.6 Å². The number of nitrogens with one attached hydrogen (secondary N) is 1. The largest absolute Gasteiger partial charge is 0.480 e. The highest BCUT2D eigenvalue weighted by Gasteiger charge is 2.39. The van der Waals surface area contributed by atoms with Crippen molar-refractivity contribution in [3.05, 3.63) is 59.9 Å². The van der Waals surface area contributed by atoms with Crippen LogP contribution in [0.3, 0.4) is 0 Å². The monoisotopic (exact) mass is 558 g/mol. The molecule has 2 bridgehead atoms. The van der Waals surface area contributed by atoms with E-state index in [9.17, 15) is 14.4 Å². The number of hydrogen-bond acceptors (Lipinski definition) is 7. The average Bonchev–Trinajstić information content (AvgIpc) is 3.45. The molecule has 41 heavy (non-hydrogen) atoms. The molecule has 0 unspecified atom stereocenters. The molecule has 2 N–H and O–H groups in total. The van der Waals surface area contributed by atoms with Crippen molar-refractivity contribution in [2.75, 3.05) is 56.1 Å². The van der Waals surface area contributed by atoms with Crippen molar-refractivity contribution in [2.45, 2.75) is 38.2 Å². The number of anilines is 2. The van der Waals surface area contributed by atoms with Crippen LogP contribution in [0.5, 0.6) is 0 Å². The Kier molecular flexibility index (Phi) is 7.65. The first kappa shape index (κ1) is 27.2. The van der Waals surface area contributed by atoms with Crippen LogP contribution in [0.15, 0.2) is 48.5 Å². The van der Waals surface area contributed by atoms with E-state index in [1.54, 1.807) is 6.07 Å². The topological polar surface area (TPSA) is 107 Å². The Balaban J connectivity index is 1.22. The lowest BCUT2D eigenvalue weighted by molar-refractivity contribution is -0.144. The SMILES string of the molecule is N#Cc1ccc(-c2cc(NCC34CCN(CC3)CC4)nn2-c2ccc(N3CCC(OCC(=O)O)CC3)cc2)cc1F. The van der Waals surface area contributed by atoms with Gasteiger partial charge in [0.2, 0.25) is 0 Å². The van der Waals surface area contributed by atoms with Crippen molar-refractivity contribution < 1.29 is 19.0 Å². The second kappa shape index (κ2) is 11.5. The number of piperidine rings is 4. The number of carbonyl (C=O) groups is 1. The van der Waals surface area contributed by atoms with Crippen molar-refractivity contribution in [1.82, 2.24) is 14.7 Å². The van der Waals surface area contributed by atoms with Crippen LogP contribution in [0.2, 0.25) is 0 Å². The van der Waals surface area contributed by atoms with E-state index >= 15 is 0 Å². The number of carboxylic acids is 1. The van der Waals surface area contributed by atoms with Gasteiger partial charge in [0.25, 0.3) is 0 Å². The Morgan fingerprint density at radius 3 is 2.37 bits per heavy atom. The molecular formula is C31H35FN6O3. The van der Waals surface area contributed by atoms with Gasteiger partial charge >= 0.3 is 5.97 Å². The Morgan fingerprint density at radius 2 is 1.73 bits per heavy atom. The van der Waals surface area contributed by atoms with Crippen LogP contribution in [-0.4, -0.2) is 77.7 Å². The Labute approximate surface area is 239 Å². The van der Waals surface area contributed by atoms with Crippen molar-refractivity contribution in [3.63, 3.8) is 0 Å². The highest BCUT2D eigenvalue weighted by atomic mass is 19.1. The molecule has 0 radical (unpaired) electrons. The molecule has 4 aliphatic heterocycles. The van der Waals surface area contributed by atoms with Gasteiger partial charge in [-0.25, -0.2) is 13.9 Å². The predicted molar refractivity (Wildman–Crippen MR) is 154 cm³/mol. The molecule has 0 spiro atoms. The third kappa shape index (κ3) is 5.92. The van der Waals surface area contributed by atoms with Gasteiger partial charge in [-0.3, -0.25) is 0 Å². The van der Waals surface area contributed by atoms with Gasteiger partial charge < -0.3 is 25.0 Å². The van der Waals surface area contributed by atoms with E-state index in [0.29, 0.717) is 11.0 Å². The molecule has 0 aliphatic carbocycles. The Morgan fingerprint density at radius 1 is 1.05 bits per heavy atom. The third-order valence-corrected chi connectivity index (χ3v) is 8.96. The standard InChI is InChI=1S/C31H35FN6O3/c32-27-17-22(1-2-23(27)19-33)28-18-29(34-21-31-9-14-36(15-10-31)16-11-31)35-38(28)25-5-3-24(4-6-25)37-12-7-26(8-13-37)41-20-30(39)40/h1-6,17-18,26H,7-16,20-21H2,(H,34,35)(H,39,40). The zero-order valence-electron chi connectivity index (χ0n) is 23.1. The van der Waals surface area contributed by atoms with Gasteiger partial charge in [0.1, 0.15) is 24.3 Å². The second-order valence-electron chi connectivity index (χ2n) is 11.5. The van der Waals surface area contributed by atoms with E-state index in [1.807, 2.05) is 29.0 Å². The fourth-order valence-corrected chi connectivity index (χ4v) is 6.35. The highest BCUT2D eigenvalue weighted by molar-refractivity contribution is 5.68. The number of nitrogens with zero attached hydrogens (tertiary/aromatic N) is 5. The third-order valence-electron chi connectivity index (χ3n) is 8.96. The molecule has 4 aliphatic rings. The molecule has 2 aromatic carbocycles. The first-order chi connectivity index (χ1) is 19.9. The van der Waals surface area contributed by atoms with Gasteiger partial charge in [0.15, 0.2) is 0 Å². The summed E-state index contributed by atoms with van der Waals surface area (Å²) in [6.07, 6.45) is 5.10. The number of fused-ring (bicyclic) bond motifs is 3. The molecule has 5 heterocycles. The van der Waals surface area contributed by atoms with Gasteiger partial charge in [-0.2, -0.15) is 5.26 Å². The summed E-state index contributed by atoms with van der Waals surface area (Å²) < 4.78 is 21.9. The number of nitriles is 1. The number of rotatable bonds is 9. The first-order valence-corrected chi connectivity index (χ1v) is 14.4. The number of benzene rings is 2. The second-order valence-corrected chi connectivity index (χ2v) is 11.5. The van der Waals surface area contributed by atoms with Crippen molar-refractivity contribution >= 4 is 17.5 Å².